The average molecular weight is 382 g/mol. The molecule has 0 saturated carbocycles. The van der Waals surface area contributed by atoms with Gasteiger partial charge in [-0.25, -0.2) is 17.2 Å². The van der Waals surface area contributed by atoms with Crippen molar-refractivity contribution in [2.24, 2.45) is 0 Å². The highest BCUT2D eigenvalue weighted by Crippen LogP contribution is 2.20. The van der Waals surface area contributed by atoms with Gasteiger partial charge in [0.1, 0.15) is 0 Å². The Hall–Kier alpha value is -2.48. The Balaban J connectivity index is 2.02. The third-order valence-electron chi connectivity index (χ3n) is 3.87. The van der Waals surface area contributed by atoms with E-state index in [-0.39, 0.29) is 24.6 Å². The number of nitrogens with one attached hydrogen (secondary N) is 1. The molecule has 0 spiro atoms. The standard InChI is InChI=1S/C18H20F2N2O3S/c1-13-5-3-4-6-14(13)12-21-18(23)9-10-22(26(2,24)25)15-7-8-16(19)17(20)11-15/h3-8,11H,9-10,12H2,1-2H3,(H,21,23). The van der Waals surface area contributed by atoms with Crippen molar-refractivity contribution in [2.45, 2.75) is 19.9 Å². The lowest BCUT2D eigenvalue weighted by molar-refractivity contribution is -0.121. The van der Waals surface area contributed by atoms with Crippen molar-refractivity contribution in [2.75, 3.05) is 17.1 Å². The molecule has 0 bridgehead atoms. The Kier molecular flexibility index (Phi) is 6.31. The minimum atomic E-state index is -3.75. The lowest BCUT2D eigenvalue weighted by Crippen LogP contribution is -2.34. The number of hydrogen-bond acceptors (Lipinski definition) is 3. The molecule has 1 N–H and O–H groups in total. The Morgan fingerprint density at radius 1 is 1.12 bits per heavy atom. The molecule has 0 aliphatic rings. The Morgan fingerprint density at radius 3 is 2.42 bits per heavy atom. The van der Waals surface area contributed by atoms with Crippen LogP contribution in [0.15, 0.2) is 42.5 Å². The van der Waals surface area contributed by atoms with Crippen LogP contribution in [0.5, 0.6) is 0 Å². The lowest BCUT2D eigenvalue weighted by atomic mass is 10.1. The molecule has 26 heavy (non-hydrogen) atoms. The first-order valence-electron chi connectivity index (χ1n) is 7.92. The Morgan fingerprint density at radius 2 is 1.81 bits per heavy atom. The molecule has 0 aliphatic carbocycles. The highest BCUT2D eigenvalue weighted by atomic mass is 32.2. The smallest absolute Gasteiger partial charge is 0.232 e. The number of anilines is 1. The van der Waals surface area contributed by atoms with Crippen molar-refractivity contribution >= 4 is 21.6 Å². The summed E-state index contributed by atoms with van der Waals surface area (Å²) in [6.07, 6.45) is 0.831. The summed E-state index contributed by atoms with van der Waals surface area (Å²) < 4.78 is 51.2. The SMILES string of the molecule is Cc1ccccc1CNC(=O)CCN(c1ccc(F)c(F)c1)S(C)(=O)=O. The Bertz CT molecular complexity index is 901. The molecule has 1 amide bonds. The number of sulfonamides is 1. The molecule has 0 heterocycles. The molecular weight excluding hydrogens is 362 g/mol. The monoisotopic (exact) mass is 382 g/mol. The number of hydrogen-bond donors (Lipinski definition) is 1. The summed E-state index contributed by atoms with van der Waals surface area (Å²) in [5.41, 5.74) is 1.96. The van der Waals surface area contributed by atoms with Gasteiger partial charge in [0.15, 0.2) is 11.6 Å². The number of aryl methyl sites for hydroxylation is 1. The molecule has 0 aliphatic heterocycles. The largest absolute Gasteiger partial charge is 0.352 e. The minimum absolute atomic E-state index is 0.0295. The summed E-state index contributed by atoms with van der Waals surface area (Å²) in [6, 6.07) is 10.4. The average Bonchev–Trinajstić information content (AvgIpc) is 2.56. The quantitative estimate of drug-likeness (QED) is 0.801. The van der Waals surface area contributed by atoms with Gasteiger partial charge in [-0.15, -0.1) is 0 Å². The first kappa shape index (κ1) is 19.8. The number of amides is 1. The number of halogens is 2. The molecule has 2 aromatic rings. The molecule has 5 nitrogen and oxygen atoms in total. The predicted octanol–water partition coefficient (Wildman–Crippen LogP) is 2.75. The molecule has 0 unspecified atom stereocenters. The van der Waals surface area contributed by atoms with Crippen LogP contribution >= 0.6 is 0 Å². The van der Waals surface area contributed by atoms with E-state index in [2.05, 4.69) is 5.32 Å². The maximum absolute atomic E-state index is 13.4. The molecule has 0 aromatic heterocycles. The van der Waals surface area contributed by atoms with Crippen LogP contribution in [0.4, 0.5) is 14.5 Å². The number of carbonyl (C=O) groups excluding carboxylic acids is 1. The number of nitrogens with zero attached hydrogens (tertiary/aromatic N) is 1. The molecule has 0 radical (unpaired) electrons. The maximum atomic E-state index is 13.4. The van der Waals surface area contributed by atoms with Crippen LogP contribution in [-0.4, -0.2) is 27.1 Å². The van der Waals surface area contributed by atoms with Crippen LogP contribution in [0.1, 0.15) is 17.5 Å². The molecular formula is C18H20F2N2O3S. The van der Waals surface area contributed by atoms with E-state index in [9.17, 15) is 22.0 Å². The second-order valence-electron chi connectivity index (χ2n) is 5.89. The third kappa shape index (κ3) is 5.26. The molecule has 2 aromatic carbocycles. The zero-order chi connectivity index (χ0) is 19.3. The van der Waals surface area contributed by atoms with Crippen LogP contribution in [0.2, 0.25) is 0 Å². The normalized spacial score (nSPS) is 11.2. The number of benzene rings is 2. The van der Waals surface area contributed by atoms with Gasteiger partial charge in [-0.3, -0.25) is 9.10 Å². The van der Waals surface area contributed by atoms with Gasteiger partial charge in [-0.2, -0.15) is 0 Å². The summed E-state index contributed by atoms with van der Waals surface area (Å²) in [5.74, 6) is -2.57. The van der Waals surface area contributed by atoms with Gasteiger partial charge in [0.2, 0.25) is 15.9 Å². The molecule has 8 heteroatoms. The summed E-state index contributed by atoms with van der Waals surface area (Å²) in [5, 5.41) is 2.72. The summed E-state index contributed by atoms with van der Waals surface area (Å²) in [7, 11) is -3.75. The predicted molar refractivity (Wildman–Crippen MR) is 96.2 cm³/mol. The fraction of sp³-hybridized carbons (Fsp3) is 0.278. The molecule has 2 rings (SSSR count). The molecule has 140 valence electrons. The van der Waals surface area contributed by atoms with Crippen molar-refractivity contribution < 1.29 is 22.0 Å². The maximum Gasteiger partial charge on any atom is 0.232 e. The number of rotatable bonds is 7. The fourth-order valence-electron chi connectivity index (χ4n) is 2.42. The van der Waals surface area contributed by atoms with Gasteiger partial charge < -0.3 is 5.32 Å². The lowest BCUT2D eigenvalue weighted by Gasteiger charge is -2.22. The minimum Gasteiger partial charge on any atom is -0.352 e. The van der Waals surface area contributed by atoms with Gasteiger partial charge in [0.25, 0.3) is 0 Å². The van der Waals surface area contributed by atoms with Crippen LogP contribution in [0.25, 0.3) is 0 Å². The molecule has 0 atom stereocenters. The third-order valence-corrected chi connectivity index (χ3v) is 5.06. The van der Waals surface area contributed by atoms with E-state index in [4.69, 9.17) is 0 Å². The topological polar surface area (TPSA) is 66.5 Å². The van der Waals surface area contributed by atoms with E-state index in [0.29, 0.717) is 6.54 Å². The van der Waals surface area contributed by atoms with E-state index in [1.165, 1.54) is 0 Å². The molecule has 0 saturated heterocycles. The van der Waals surface area contributed by atoms with Crippen molar-refractivity contribution in [3.63, 3.8) is 0 Å². The van der Waals surface area contributed by atoms with E-state index in [1.54, 1.807) is 0 Å². The van der Waals surface area contributed by atoms with Crippen molar-refractivity contribution in [1.29, 1.82) is 0 Å². The van der Waals surface area contributed by atoms with Crippen LogP contribution in [-0.2, 0) is 21.4 Å². The van der Waals surface area contributed by atoms with Gasteiger partial charge >= 0.3 is 0 Å². The van der Waals surface area contributed by atoms with Crippen LogP contribution < -0.4 is 9.62 Å². The second kappa shape index (κ2) is 8.27. The van der Waals surface area contributed by atoms with E-state index in [1.807, 2.05) is 31.2 Å². The first-order chi connectivity index (χ1) is 12.2. The van der Waals surface area contributed by atoms with Crippen molar-refractivity contribution in [3.8, 4) is 0 Å². The first-order valence-corrected chi connectivity index (χ1v) is 9.77. The van der Waals surface area contributed by atoms with E-state index >= 15 is 0 Å². The van der Waals surface area contributed by atoms with Gasteiger partial charge in [0.05, 0.1) is 11.9 Å². The second-order valence-corrected chi connectivity index (χ2v) is 7.79. The fourth-order valence-corrected chi connectivity index (χ4v) is 3.34. The summed E-state index contributed by atoms with van der Waals surface area (Å²) >= 11 is 0. The summed E-state index contributed by atoms with van der Waals surface area (Å²) in [6.45, 7) is 2.08. The summed E-state index contributed by atoms with van der Waals surface area (Å²) in [4.78, 5) is 12.0. The van der Waals surface area contributed by atoms with E-state index < -0.39 is 21.7 Å². The Labute approximate surface area is 151 Å². The van der Waals surface area contributed by atoms with Gasteiger partial charge in [0, 0.05) is 25.6 Å². The van der Waals surface area contributed by atoms with Gasteiger partial charge in [-0.05, 0) is 30.2 Å². The van der Waals surface area contributed by atoms with Gasteiger partial charge in [-0.1, -0.05) is 24.3 Å². The van der Waals surface area contributed by atoms with Crippen molar-refractivity contribution in [1.82, 2.24) is 5.32 Å². The number of carbonyl (C=O) groups is 1. The van der Waals surface area contributed by atoms with Crippen LogP contribution in [0, 0.1) is 18.6 Å². The zero-order valence-electron chi connectivity index (χ0n) is 14.5. The van der Waals surface area contributed by atoms with E-state index in [0.717, 1.165) is 39.9 Å². The van der Waals surface area contributed by atoms with Crippen LogP contribution in [0.3, 0.4) is 0 Å². The highest BCUT2D eigenvalue weighted by Gasteiger charge is 2.20. The van der Waals surface area contributed by atoms with Crippen molar-refractivity contribution in [3.05, 3.63) is 65.2 Å². The zero-order valence-corrected chi connectivity index (χ0v) is 15.3. The highest BCUT2D eigenvalue weighted by molar-refractivity contribution is 7.92. The molecule has 0 fully saturated rings.